The molecule has 3 N–H and O–H groups in total. The van der Waals surface area contributed by atoms with Gasteiger partial charge in [-0.25, -0.2) is 0 Å². The van der Waals surface area contributed by atoms with Gasteiger partial charge in [0.15, 0.2) is 0 Å². The summed E-state index contributed by atoms with van der Waals surface area (Å²) < 4.78 is 0. The summed E-state index contributed by atoms with van der Waals surface area (Å²) in [6, 6.07) is 0. The van der Waals surface area contributed by atoms with Crippen molar-refractivity contribution < 1.29 is 20.1 Å². The van der Waals surface area contributed by atoms with Gasteiger partial charge in [-0.1, -0.05) is 0 Å². The normalized spacial score (nSPS) is 35.9. The fourth-order valence-corrected chi connectivity index (χ4v) is 2.31. The maximum absolute atomic E-state index is 10.6. The molecule has 0 bridgehead atoms. The first-order valence-corrected chi connectivity index (χ1v) is 5.39. The molecule has 0 heterocycles. The lowest BCUT2D eigenvalue weighted by Crippen LogP contribution is -2.42. The summed E-state index contributed by atoms with van der Waals surface area (Å²) in [5, 5.41) is 28.4. The Balaban J connectivity index is 2.55. The van der Waals surface area contributed by atoms with Crippen molar-refractivity contribution in [1.82, 2.24) is 0 Å². The summed E-state index contributed by atoms with van der Waals surface area (Å²) in [5.74, 6) is -0.994. The molecule has 0 amide bonds. The van der Waals surface area contributed by atoms with Crippen LogP contribution in [-0.2, 0) is 4.79 Å². The third-order valence-corrected chi connectivity index (χ3v) is 3.45. The highest BCUT2D eigenvalue weighted by Crippen LogP contribution is 2.38. The first-order valence-electron chi connectivity index (χ1n) is 5.39. The number of carbonyl (C=O) groups is 1. The second kappa shape index (κ2) is 4.10. The van der Waals surface area contributed by atoms with Gasteiger partial charge in [0.2, 0.25) is 0 Å². The highest BCUT2D eigenvalue weighted by molar-refractivity contribution is 5.68. The fraction of sp³-hybridized carbons (Fsp3) is 0.909. The third kappa shape index (κ3) is 3.47. The number of carboxylic acid groups (broad SMARTS) is 1. The molecule has 0 radical (unpaired) electrons. The van der Waals surface area contributed by atoms with Crippen LogP contribution in [0.25, 0.3) is 0 Å². The Labute approximate surface area is 89.9 Å². The quantitative estimate of drug-likeness (QED) is 0.661. The molecule has 1 unspecified atom stereocenters. The SMILES string of the molecule is CC1(O)CCC(C(C)(O)CC(=O)O)CC1. The molecule has 0 aromatic heterocycles. The van der Waals surface area contributed by atoms with E-state index in [1.807, 2.05) is 0 Å². The summed E-state index contributed by atoms with van der Waals surface area (Å²) in [7, 11) is 0. The average molecular weight is 216 g/mol. The van der Waals surface area contributed by atoms with Crippen LogP contribution >= 0.6 is 0 Å². The first kappa shape index (κ1) is 12.5. The van der Waals surface area contributed by atoms with Crippen LogP contribution in [0.1, 0.15) is 46.0 Å². The van der Waals surface area contributed by atoms with Crippen LogP contribution < -0.4 is 0 Å². The molecular formula is C11H20O4. The van der Waals surface area contributed by atoms with Gasteiger partial charge < -0.3 is 15.3 Å². The summed E-state index contributed by atoms with van der Waals surface area (Å²) in [6.45, 7) is 3.36. The molecule has 1 fully saturated rings. The van der Waals surface area contributed by atoms with E-state index in [0.717, 1.165) is 0 Å². The van der Waals surface area contributed by atoms with Crippen LogP contribution in [0.15, 0.2) is 0 Å². The molecule has 1 saturated carbocycles. The Morgan fingerprint density at radius 1 is 1.47 bits per heavy atom. The Hall–Kier alpha value is -0.610. The molecular weight excluding hydrogens is 196 g/mol. The Morgan fingerprint density at radius 2 is 1.93 bits per heavy atom. The molecule has 0 saturated heterocycles. The van der Waals surface area contributed by atoms with E-state index in [-0.39, 0.29) is 12.3 Å². The monoisotopic (exact) mass is 216 g/mol. The minimum atomic E-state index is -1.15. The lowest BCUT2D eigenvalue weighted by Gasteiger charge is -2.39. The van der Waals surface area contributed by atoms with Crippen LogP contribution in [-0.4, -0.2) is 32.5 Å². The van der Waals surface area contributed by atoms with Gasteiger partial charge in [0.05, 0.1) is 17.6 Å². The predicted octanol–water partition coefficient (Wildman–Crippen LogP) is 1.15. The molecule has 88 valence electrons. The summed E-state index contributed by atoms with van der Waals surface area (Å²) in [4.78, 5) is 10.6. The van der Waals surface area contributed by atoms with Crippen LogP contribution in [0.5, 0.6) is 0 Å². The predicted molar refractivity (Wildman–Crippen MR) is 55.5 cm³/mol. The molecule has 0 aliphatic heterocycles. The van der Waals surface area contributed by atoms with Crippen molar-refractivity contribution in [3.63, 3.8) is 0 Å². The molecule has 1 rings (SSSR count). The maximum Gasteiger partial charge on any atom is 0.306 e. The second-order valence-corrected chi connectivity index (χ2v) is 5.20. The summed E-state index contributed by atoms with van der Waals surface area (Å²) in [6.07, 6.45) is 2.42. The van der Waals surface area contributed by atoms with Gasteiger partial charge in [0.25, 0.3) is 0 Å². The van der Waals surface area contributed by atoms with Crippen molar-refractivity contribution in [1.29, 1.82) is 0 Å². The zero-order valence-corrected chi connectivity index (χ0v) is 9.36. The molecule has 1 aliphatic rings. The minimum absolute atomic E-state index is 0.0196. The van der Waals surface area contributed by atoms with Gasteiger partial charge in [-0.3, -0.25) is 4.79 Å². The highest BCUT2D eigenvalue weighted by atomic mass is 16.4. The minimum Gasteiger partial charge on any atom is -0.481 e. The van der Waals surface area contributed by atoms with Crippen molar-refractivity contribution >= 4 is 5.97 Å². The number of rotatable bonds is 3. The molecule has 4 nitrogen and oxygen atoms in total. The zero-order chi connectivity index (χ0) is 11.7. The number of carboxylic acids is 1. The zero-order valence-electron chi connectivity index (χ0n) is 9.36. The molecule has 4 heteroatoms. The van der Waals surface area contributed by atoms with Gasteiger partial charge in [0, 0.05) is 0 Å². The van der Waals surface area contributed by atoms with E-state index in [1.54, 1.807) is 13.8 Å². The Morgan fingerprint density at radius 3 is 2.33 bits per heavy atom. The number of aliphatic hydroxyl groups is 2. The van der Waals surface area contributed by atoms with Gasteiger partial charge >= 0.3 is 5.97 Å². The standard InChI is InChI=1S/C11H20O4/c1-10(14)5-3-8(4-6-10)11(2,15)7-9(12)13/h8,14-15H,3-7H2,1-2H3,(H,12,13). The number of hydrogen-bond acceptors (Lipinski definition) is 3. The van der Waals surface area contributed by atoms with Gasteiger partial charge in [0.1, 0.15) is 0 Å². The number of hydrogen-bond donors (Lipinski definition) is 3. The average Bonchev–Trinajstić information content (AvgIpc) is 2.00. The van der Waals surface area contributed by atoms with E-state index in [1.165, 1.54) is 0 Å². The number of aliphatic carboxylic acids is 1. The van der Waals surface area contributed by atoms with Crippen molar-refractivity contribution in [2.24, 2.45) is 5.92 Å². The Kier molecular flexibility index (Phi) is 3.41. The van der Waals surface area contributed by atoms with Crippen LogP contribution in [0.3, 0.4) is 0 Å². The van der Waals surface area contributed by atoms with Crippen LogP contribution in [0, 0.1) is 5.92 Å². The molecule has 0 aromatic carbocycles. The molecule has 0 aromatic rings. The van der Waals surface area contributed by atoms with E-state index in [0.29, 0.717) is 25.7 Å². The first-order chi connectivity index (χ1) is 6.73. The molecule has 1 atom stereocenters. The van der Waals surface area contributed by atoms with Crippen molar-refractivity contribution in [2.75, 3.05) is 0 Å². The van der Waals surface area contributed by atoms with Crippen molar-refractivity contribution in [2.45, 2.75) is 57.2 Å². The van der Waals surface area contributed by atoms with Crippen LogP contribution in [0.4, 0.5) is 0 Å². The van der Waals surface area contributed by atoms with Crippen LogP contribution in [0.2, 0.25) is 0 Å². The second-order valence-electron chi connectivity index (χ2n) is 5.20. The van der Waals surface area contributed by atoms with E-state index in [2.05, 4.69) is 0 Å². The third-order valence-electron chi connectivity index (χ3n) is 3.45. The summed E-state index contributed by atoms with van der Waals surface area (Å²) >= 11 is 0. The fourth-order valence-electron chi connectivity index (χ4n) is 2.31. The topological polar surface area (TPSA) is 77.8 Å². The highest BCUT2D eigenvalue weighted by Gasteiger charge is 2.39. The van der Waals surface area contributed by atoms with E-state index >= 15 is 0 Å². The van der Waals surface area contributed by atoms with Crippen molar-refractivity contribution in [3.05, 3.63) is 0 Å². The maximum atomic E-state index is 10.6. The van der Waals surface area contributed by atoms with E-state index in [4.69, 9.17) is 5.11 Å². The van der Waals surface area contributed by atoms with E-state index < -0.39 is 17.2 Å². The largest absolute Gasteiger partial charge is 0.481 e. The summed E-state index contributed by atoms with van der Waals surface area (Å²) in [5.41, 5.74) is -1.79. The molecule has 0 spiro atoms. The van der Waals surface area contributed by atoms with Crippen molar-refractivity contribution in [3.8, 4) is 0 Å². The molecule has 15 heavy (non-hydrogen) atoms. The van der Waals surface area contributed by atoms with Gasteiger partial charge in [-0.2, -0.15) is 0 Å². The molecule has 1 aliphatic carbocycles. The Bertz CT molecular complexity index is 235. The van der Waals surface area contributed by atoms with Gasteiger partial charge in [-0.15, -0.1) is 0 Å². The smallest absolute Gasteiger partial charge is 0.306 e. The van der Waals surface area contributed by atoms with Gasteiger partial charge in [-0.05, 0) is 45.4 Å². The lowest BCUT2D eigenvalue weighted by atomic mass is 9.72. The van der Waals surface area contributed by atoms with E-state index in [9.17, 15) is 15.0 Å². The lowest BCUT2D eigenvalue weighted by molar-refractivity contribution is -0.145.